The molecule has 0 fully saturated rings. The van der Waals surface area contributed by atoms with E-state index in [0.29, 0.717) is 11.3 Å². The Kier molecular flexibility index (Phi) is 5.28. The summed E-state index contributed by atoms with van der Waals surface area (Å²) in [6.45, 7) is 6.29. The van der Waals surface area contributed by atoms with Gasteiger partial charge in [-0.1, -0.05) is 79.2 Å². The molecule has 0 saturated heterocycles. The number of ether oxygens (including phenoxy) is 1. The quantitative estimate of drug-likeness (QED) is 0.358. The highest BCUT2D eigenvalue weighted by atomic mass is 79.9. The average molecular weight is 409 g/mol. The van der Waals surface area contributed by atoms with Gasteiger partial charge in [-0.2, -0.15) is 0 Å². The molecule has 0 spiro atoms. The number of carbonyl (C=O) groups is 1. The van der Waals surface area contributed by atoms with E-state index in [4.69, 9.17) is 4.74 Å². The van der Waals surface area contributed by atoms with E-state index in [-0.39, 0.29) is 11.4 Å². The van der Waals surface area contributed by atoms with Gasteiger partial charge in [0.1, 0.15) is 5.75 Å². The normalized spacial score (nSPS) is 11.2. The van der Waals surface area contributed by atoms with Crippen molar-refractivity contribution in [2.45, 2.75) is 26.2 Å². The number of hydrogen-bond donors (Lipinski definition) is 0. The van der Waals surface area contributed by atoms with E-state index < -0.39 is 0 Å². The third-order valence-electron chi connectivity index (χ3n) is 4.18. The SMILES string of the molecule is CC(C)(C)c1cc(Br)ccc1OC(=O)c1ccc(-c2ccccc2)cc1. The smallest absolute Gasteiger partial charge is 0.343 e. The van der Waals surface area contributed by atoms with E-state index >= 15 is 0 Å². The van der Waals surface area contributed by atoms with E-state index in [1.807, 2.05) is 60.7 Å². The van der Waals surface area contributed by atoms with Crippen molar-refractivity contribution >= 4 is 21.9 Å². The van der Waals surface area contributed by atoms with Crippen molar-refractivity contribution in [3.05, 3.63) is 88.4 Å². The summed E-state index contributed by atoms with van der Waals surface area (Å²) in [6.07, 6.45) is 0. The van der Waals surface area contributed by atoms with Crippen LogP contribution in [0.4, 0.5) is 0 Å². The van der Waals surface area contributed by atoms with Crippen molar-refractivity contribution in [2.75, 3.05) is 0 Å². The van der Waals surface area contributed by atoms with Gasteiger partial charge in [0.2, 0.25) is 0 Å². The second-order valence-electron chi connectivity index (χ2n) is 7.22. The first kappa shape index (κ1) is 18.4. The van der Waals surface area contributed by atoms with E-state index in [1.165, 1.54) is 0 Å². The van der Waals surface area contributed by atoms with Gasteiger partial charge in [-0.25, -0.2) is 4.79 Å². The monoisotopic (exact) mass is 408 g/mol. The summed E-state index contributed by atoms with van der Waals surface area (Å²) >= 11 is 3.49. The van der Waals surface area contributed by atoms with E-state index in [1.54, 1.807) is 12.1 Å². The number of rotatable bonds is 3. The zero-order valence-electron chi connectivity index (χ0n) is 15.1. The molecule has 0 saturated carbocycles. The van der Waals surface area contributed by atoms with Gasteiger partial charge in [-0.3, -0.25) is 0 Å². The molecular weight excluding hydrogens is 388 g/mol. The van der Waals surface area contributed by atoms with Gasteiger partial charge in [0.05, 0.1) is 5.56 Å². The van der Waals surface area contributed by atoms with Crippen molar-refractivity contribution in [3.8, 4) is 16.9 Å². The third-order valence-corrected chi connectivity index (χ3v) is 4.67. The molecule has 0 aliphatic carbocycles. The van der Waals surface area contributed by atoms with Gasteiger partial charge in [0.15, 0.2) is 0 Å². The summed E-state index contributed by atoms with van der Waals surface area (Å²) < 4.78 is 6.67. The molecule has 3 aromatic rings. The summed E-state index contributed by atoms with van der Waals surface area (Å²) in [6, 6.07) is 23.3. The van der Waals surface area contributed by atoms with Crippen LogP contribution in [-0.2, 0) is 5.41 Å². The molecule has 3 heteroatoms. The minimum absolute atomic E-state index is 0.128. The first-order valence-electron chi connectivity index (χ1n) is 8.52. The predicted molar refractivity (Wildman–Crippen MR) is 110 cm³/mol. The second kappa shape index (κ2) is 7.46. The van der Waals surface area contributed by atoms with Gasteiger partial charge in [0, 0.05) is 10.0 Å². The van der Waals surface area contributed by atoms with Gasteiger partial charge < -0.3 is 4.74 Å². The van der Waals surface area contributed by atoms with Crippen molar-refractivity contribution in [1.29, 1.82) is 0 Å². The zero-order chi connectivity index (χ0) is 18.7. The molecule has 0 aliphatic heterocycles. The molecule has 0 amide bonds. The molecule has 0 heterocycles. The fourth-order valence-electron chi connectivity index (χ4n) is 2.77. The Hall–Kier alpha value is -2.39. The summed E-state index contributed by atoms with van der Waals surface area (Å²) in [7, 11) is 0. The molecule has 0 aliphatic rings. The van der Waals surface area contributed by atoms with Gasteiger partial charge >= 0.3 is 5.97 Å². The van der Waals surface area contributed by atoms with Crippen molar-refractivity contribution < 1.29 is 9.53 Å². The molecule has 0 unspecified atom stereocenters. The third kappa shape index (κ3) is 4.23. The second-order valence-corrected chi connectivity index (χ2v) is 8.14. The highest BCUT2D eigenvalue weighted by molar-refractivity contribution is 9.10. The summed E-state index contributed by atoms with van der Waals surface area (Å²) in [5, 5.41) is 0. The van der Waals surface area contributed by atoms with Crippen LogP contribution in [0.15, 0.2) is 77.3 Å². The molecule has 0 aromatic heterocycles. The number of halogens is 1. The van der Waals surface area contributed by atoms with Crippen LogP contribution in [0.1, 0.15) is 36.7 Å². The first-order valence-corrected chi connectivity index (χ1v) is 9.31. The van der Waals surface area contributed by atoms with Crippen molar-refractivity contribution in [2.24, 2.45) is 0 Å². The fraction of sp³-hybridized carbons (Fsp3) is 0.174. The van der Waals surface area contributed by atoms with Gasteiger partial charge in [-0.05, 0) is 46.9 Å². The number of hydrogen-bond acceptors (Lipinski definition) is 2. The fourth-order valence-corrected chi connectivity index (χ4v) is 3.13. The first-order chi connectivity index (χ1) is 12.3. The summed E-state index contributed by atoms with van der Waals surface area (Å²) in [5.41, 5.74) is 3.58. The maximum absolute atomic E-state index is 12.6. The molecule has 132 valence electrons. The highest BCUT2D eigenvalue weighted by Gasteiger charge is 2.21. The lowest BCUT2D eigenvalue weighted by Crippen LogP contribution is -2.16. The van der Waals surface area contributed by atoms with Crippen LogP contribution >= 0.6 is 15.9 Å². The number of carbonyl (C=O) groups excluding carboxylic acids is 1. The van der Waals surface area contributed by atoms with Crippen molar-refractivity contribution in [3.63, 3.8) is 0 Å². The highest BCUT2D eigenvalue weighted by Crippen LogP contribution is 2.34. The molecular formula is C23H21BrO2. The minimum atomic E-state index is -0.350. The average Bonchev–Trinajstić information content (AvgIpc) is 2.63. The van der Waals surface area contributed by atoms with Crippen LogP contribution in [0.2, 0.25) is 0 Å². The van der Waals surface area contributed by atoms with E-state index in [2.05, 4.69) is 36.7 Å². The van der Waals surface area contributed by atoms with Crippen LogP contribution in [0.5, 0.6) is 5.75 Å². The maximum Gasteiger partial charge on any atom is 0.343 e. The Morgan fingerprint density at radius 1 is 0.846 bits per heavy atom. The topological polar surface area (TPSA) is 26.3 Å². The number of esters is 1. The van der Waals surface area contributed by atoms with E-state index in [9.17, 15) is 4.79 Å². The standard InChI is InChI=1S/C23H21BrO2/c1-23(2,3)20-15-19(24)13-14-21(20)26-22(25)18-11-9-17(10-12-18)16-7-5-4-6-8-16/h4-15H,1-3H3. The lowest BCUT2D eigenvalue weighted by Gasteiger charge is -2.22. The lowest BCUT2D eigenvalue weighted by molar-refractivity contribution is 0.0732. The molecule has 0 atom stereocenters. The Balaban J connectivity index is 1.83. The Labute approximate surface area is 163 Å². The Morgan fingerprint density at radius 3 is 2.08 bits per heavy atom. The molecule has 0 radical (unpaired) electrons. The Morgan fingerprint density at radius 2 is 1.46 bits per heavy atom. The minimum Gasteiger partial charge on any atom is -0.423 e. The van der Waals surface area contributed by atoms with E-state index in [0.717, 1.165) is 21.2 Å². The summed E-state index contributed by atoms with van der Waals surface area (Å²) in [5.74, 6) is 0.246. The molecule has 2 nitrogen and oxygen atoms in total. The van der Waals surface area contributed by atoms with Crippen LogP contribution in [-0.4, -0.2) is 5.97 Å². The van der Waals surface area contributed by atoms with Crippen molar-refractivity contribution in [1.82, 2.24) is 0 Å². The zero-order valence-corrected chi connectivity index (χ0v) is 16.7. The lowest BCUT2D eigenvalue weighted by atomic mass is 9.86. The van der Waals surface area contributed by atoms with Crippen LogP contribution < -0.4 is 4.74 Å². The van der Waals surface area contributed by atoms with Gasteiger partial charge in [0.25, 0.3) is 0 Å². The predicted octanol–water partition coefficient (Wildman–Crippen LogP) is 6.63. The molecule has 3 rings (SSSR count). The molecule has 0 bridgehead atoms. The molecule has 3 aromatic carbocycles. The van der Waals surface area contributed by atoms with Gasteiger partial charge in [-0.15, -0.1) is 0 Å². The van der Waals surface area contributed by atoms with Crippen LogP contribution in [0.25, 0.3) is 11.1 Å². The maximum atomic E-state index is 12.6. The summed E-state index contributed by atoms with van der Waals surface area (Å²) in [4.78, 5) is 12.6. The Bertz CT molecular complexity index is 907. The number of benzene rings is 3. The molecule has 0 N–H and O–H groups in total. The van der Waals surface area contributed by atoms with Crippen LogP contribution in [0, 0.1) is 0 Å². The molecule has 26 heavy (non-hydrogen) atoms. The largest absolute Gasteiger partial charge is 0.423 e. The van der Waals surface area contributed by atoms with Crippen LogP contribution in [0.3, 0.4) is 0 Å².